The fraction of sp³-hybridized carbons (Fsp3) is 0.429. The first-order valence-electron chi connectivity index (χ1n) is 9.75. The summed E-state index contributed by atoms with van der Waals surface area (Å²) < 4.78 is 29.2. The van der Waals surface area contributed by atoms with Crippen molar-refractivity contribution in [3.63, 3.8) is 0 Å². The highest BCUT2D eigenvalue weighted by Crippen LogP contribution is 2.48. The highest BCUT2D eigenvalue weighted by Gasteiger charge is 2.45. The lowest BCUT2D eigenvalue weighted by Gasteiger charge is -2.40. The van der Waals surface area contributed by atoms with Crippen molar-refractivity contribution in [1.82, 2.24) is 4.08 Å². The number of aromatic hydroxyl groups is 1. The van der Waals surface area contributed by atoms with Crippen molar-refractivity contribution >= 4 is 41.9 Å². The van der Waals surface area contributed by atoms with Crippen LogP contribution in [0.3, 0.4) is 0 Å². The Kier molecular flexibility index (Phi) is 6.84. The predicted molar refractivity (Wildman–Crippen MR) is 125 cm³/mol. The van der Waals surface area contributed by atoms with E-state index in [1.54, 1.807) is 4.08 Å². The van der Waals surface area contributed by atoms with E-state index in [1.807, 2.05) is 56.2 Å². The molecular weight excluding hydrogens is 423 g/mol. The number of fused-ring (bicyclic) bond motifs is 1. The van der Waals surface area contributed by atoms with Crippen LogP contribution >= 0.6 is 20.5 Å². The maximum atomic E-state index is 13.8. The smallest absolute Gasteiger partial charge is 0.248 e. The summed E-state index contributed by atoms with van der Waals surface area (Å²) in [5, 5.41) is 10.5. The summed E-state index contributed by atoms with van der Waals surface area (Å²) in [5.41, 5.74) is 1.03. The van der Waals surface area contributed by atoms with Crippen LogP contribution in [-0.2, 0) is 10.0 Å². The Bertz CT molecular complexity index is 969. The number of rotatable bonds is 6. The Morgan fingerprint density at radius 2 is 1.93 bits per heavy atom. The number of thioether (sulfide) groups is 1. The average molecular weight is 453 g/mol. The number of phenolic OH excluding ortho intramolecular Hbond substituents is 1. The lowest BCUT2D eigenvalue weighted by molar-refractivity contribution is 0.293. The number of sulfonamides is 1. The van der Waals surface area contributed by atoms with Crippen LogP contribution in [0, 0.1) is 0 Å². The second-order valence-electron chi connectivity index (χ2n) is 7.51. The fourth-order valence-electron chi connectivity index (χ4n) is 3.96. The first-order chi connectivity index (χ1) is 13.8. The topological polar surface area (TPSA) is 60.9 Å². The lowest BCUT2D eigenvalue weighted by atomic mass is 9.95. The monoisotopic (exact) mass is 452 g/mol. The summed E-state index contributed by atoms with van der Waals surface area (Å²) >= 11 is 1.41. The minimum Gasteiger partial charge on any atom is -0.507 e. The van der Waals surface area contributed by atoms with Gasteiger partial charge in [0.1, 0.15) is 10.6 Å². The summed E-state index contributed by atoms with van der Waals surface area (Å²) in [5.74, 6) is 0.00406. The highest BCUT2D eigenvalue weighted by atomic mass is 32.2. The maximum Gasteiger partial charge on any atom is 0.248 e. The van der Waals surface area contributed by atoms with Gasteiger partial charge in [0, 0.05) is 18.3 Å². The number of anilines is 2. The zero-order valence-electron chi connectivity index (χ0n) is 17.3. The van der Waals surface area contributed by atoms with Crippen molar-refractivity contribution in [2.24, 2.45) is 0 Å². The molecule has 2 aromatic rings. The lowest BCUT2D eigenvalue weighted by Crippen LogP contribution is -2.49. The third kappa shape index (κ3) is 4.15. The van der Waals surface area contributed by atoms with Gasteiger partial charge in [-0.25, -0.2) is 8.42 Å². The number of para-hydroxylation sites is 1. The van der Waals surface area contributed by atoms with Crippen LogP contribution < -0.4 is 4.90 Å². The van der Waals surface area contributed by atoms with Crippen LogP contribution in [0.5, 0.6) is 5.75 Å². The Balaban J connectivity index is 2.31. The molecule has 5 nitrogen and oxygen atoms in total. The van der Waals surface area contributed by atoms with Crippen LogP contribution in [0.4, 0.5) is 11.4 Å². The van der Waals surface area contributed by atoms with Crippen molar-refractivity contribution in [2.75, 3.05) is 24.4 Å². The van der Waals surface area contributed by atoms with E-state index in [1.165, 1.54) is 17.8 Å². The van der Waals surface area contributed by atoms with Gasteiger partial charge >= 0.3 is 0 Å². The summed E-state index contributed by atoms with van der Waals surface area (Å²) in [6.07, 6.45) is 4.62. The van der Waals surface area contributed by atoms with Crippen LogP contribution in [0.15, 0.2) is 52.3 Å². The van der Waals surface area contributed by atoms with Gasteiger partial charge in [0.15, 0.2) is 0 Å². The molecule has 1 N–H and O–H groups in total. The molecule has 2 unspecified atom stereocenters. The molecule has 1 aliphatic heterocycles. The molecule has 0 fully saturated rings. The first-order valence-corrected chi connectivity index (χ1v) is 13.9. The average Bonchev–Trinajstić information content (AvgIpc) is 2.77. The van der Waals surface area contributed by atoms with Gasteiger partial charge < -0.3 is 10.0 Å². The summed E-state index contributed by atoms with van der Waals surface area (Å²) in [6.45, 7) is 6.64. The minimum absolute atomic E-state index is 0.00406. The van der Waals surface area contributed by atoms with Crippen LogP contribution in [0.25, 0.3) is 0 Å². The third-order valence-corrected chi connectivity index (χ3v) is 10.2. The molecular formula is C21H29N2O3PS2. The van der Waals surface area contributed by atoms with Gasteiger partial charge in [-0.3, -0.25) is 0 Å². The van der Waals surface area contributed by atoms with Crippen LogP contribution in [0.2, 0.25) is 0 Å². The van der Waals surface area contributed by atoms with Gasteiger partial charge in [-0.15, -0.1) is 11.8 Å². The molecule has 0 radical (unpaired) electrons. The Morgan fingerprint density at radius 1 is 1.24 bits per heavy atom. The van der Waals surface area contributed by atoms with Gasteiger partial charge in [0.25, 0.3) is 0 Å². The summed E-state index contributed by atoms with van der Waals surface area (Å²) in [6, 6.07) is 13.1. The second kappa shape index (κ2) is 8.84. The Labute approximate surface area is 180 Å². The molecule has 8 heteroatoms. The molecule has 158 valence electrons. The van der Waals surface area contributed by atoms with Gasteiger partial charge in [-0.05, 0) is 53.2 Å². The van der Waals surface area contributed by atoms with Gasteiger partial charge in [-0.2, -0.15) is 4.08 Å². The summed E-state index contributed by atoms with van der Waals surface area (Å²) in [4.78, 5) is 2.94. The number of hydrogen-bond acceptors (Lipinski definition) is 5. The predicted octanol–water partition coefficient (Wildman–Crippen LogP) is 5.43. The molecule has 1 aliphatic rings. The zero-order valence-corrected chi connectivity index (χ0v) is 20.0. The van der Waals surface area contributed by atoms with Gasteiger partial charge in [0.2, 0.25) is 10.0 Å². The van der Waals surface area contributed by atoms with E-state index in [9.17, 15) is 13.5 Å². The molecule has 0 aromatic heterocycles. The largest absolute Gasteiger partial charge is 0.507 e. The fourth-order valence-corrected chi connectivity index (χ4v) is 8.06. The third-order valence-electron chi connectivity index (χ3n) is 5.40. The van der Waals surface area contributed by atoms with E-state index in [2.05, 4.69) is 11.8 Å². The van der Waals surface area contributed by atoms with Gasteiger partial charge in [0.05, 0.1) is 16.1 Å². The molecule has 29 heavy (non-hydrogen) atoms. The van der Waals surface area contributed by atoms with Crippen LogP contribution in [0.1, 0.15) is 33.1 Å². The number of phenols is 1. The van der Waals surface area contributed by atoms with Crippen LogP contribution in [-0.4, -0.2) is 42.6 Å². The maximum absolute atomic E-state index is 13.8. The molecule has 3 rings (SSSR count). The van der Waals surface area contributed by atoms with Crippen molar-refractivity contribution < 1.29 is 13.5 Å². The molecule has 0 amide bonds. The van der Waals surface area contributed by atoms with E-state index in [-0.39, 0.29) is 19.4 Å². The summed E-state index contributed by atoms with van der Waals surface area (Å²) in [7, 11) is -3.66. The van der Waals surface area contributed by atoms with Gasteiger partial charge in [-0.1, -0.05) is 38.0 Å². The zero-order chi connectivity index (χ0) is 21.2. The molecule has 2 aromatic carbocycles. The van der Waals surface area contributed by atoms with Crippen molar-refractivity contribution in [1.29, 1.82) is 0 Å². The number of unbranched alkanes of at least 4 members (excludes halogenated alkanes) is 1. The van der Waals surface area contributed by atoms with Crippen molar-refractivity contribution in [3.8, 4) is 5.75 Å². The molecule has 0 bridgehead atoms. The normalized spacial score (nSPS) is 22.0. The molecule has 0 aliphatic carbocycles. The Morgan fingerprint density at radius 3 is 2.52 bits per heavy atom. The molecule has 1 heterocycles. The second-order valence-corrected chi connectivity index (χ2v) is 11.3. The first kappa shape index (κ1) is 22.4. The van der Waals surface area contributed by atoms with E-state index in [4.69, 9.17) is 0 Å². The van der Waals surface area contributed by atoms with Crippen molar-refractivity contribution in [2.45, 2.75) is 48.4 Å². The Hall–Kier alpha value is -1.27. The quantitative estimate of drug-likeness (QED) is 0.468. The SMILES string of the molecule is CCCCC1(C)CN(c2ccccc2)c2cc(SC)c(O)cc2S(=O)(=O)N1PC. The van der Waals surface area contributed by atoms with E-state index in [0.29, 0.717) is 17.1 Å². The van der Waals surface area contributed by atoms with Crippen molar-refractivity contribution in [3.05, 3.63) is 42.5 Å². The van der Waals surface area contributed by atoms with E-state index >= 15 is 0 Å². The molecule has 0 saturated carbocycles. The minimum atomic E-state index is -3.76. The highest BCUT2D eigenvalue weighted by molar-refractivity contribution is 7.98. The molecule has 2 atom stereocenters. The van der Waals surface area contributed by atoms with E-state index < -0.39 is 15.6 Å². The van der Waals surface area contributed by atoms with E-state index in [0.717, 1.165) is 24.9 Å². The molecule has 0 spiro atoms. The molecule has 0 saturated heterocycles. The standard InChI is InChI=1S/C21H29N2O3PS2/c1-5-6-12-21(2)15-22(16-10-8-7-9-11-16)17-13-19(28-4)18(24)14-20(17)29(25,26)23(21)27-3/h7-11,13-14,24,27H,5-6,12,15H2,1-4H3. The number of benzene rings is 2. The number of hydrogen-bond donors (Lipinski definition) is 1. The number of nitrogens with zero attached hydrogens (tertiary/aromatic N) is 2.